The van der Waals surface area contributed by atoms with E-state index in [-0.39, 0.29) is 0 Å². The molecule has 0 aliphatic carbocycles. The molecule has 1 aliphatic rings. The fourth-order valence-electron chi connectivity index (χ4n) is 1.85. The van der Waals surface area contributed by atoms with E-state index in [4.69, 9.17) is 0 Å². The molecule has 3 heteroatoms. The van der Waals surface area contributed by atoms with Crippen molar-refractivity contribution in [1.29, 1.82) is 0 Å². The van der Waals surface area contributed by atoms with Crippen molar-refractivity contribution in [3.05, 3.63) is 34.3 Å². The van der Waals surface area contributed by atoms with Gasteiger partial charge in [0.1, 0.15) is 0 Å². The lowest BCUT2D eigenvalue weighted by molar-refractivity contribution is 0.148. The van der Waals surface area contributed by atoms with Gasteiger partial charge in [-0.2, -0.15) is 0 Å². The largest absolute Gasteiger partial charge is 0.304 e. The third-order valence-electron chi connectivity index (χ3n) is 2.92. The van der Waals surface area contributed by atoms with Crippen LogP contribution in [0, 0.1) is 0 Å². The van der Waals surface area contributed by atoms with Crippen molar-refractivity contribution < 1.29 is 0 Å². The molecule has 0 amide bonds. The summed E-state index contributed by atoms with van der Waals surface area (Å²) in [6.45, 7) is 9.84. The monoisotopic (exact) mass is 298 g/mol. The Morgan fingerprint density at radius 1 is 1.00 bits per heavy atom. The lowest BCUT2D eigenvalue weighted by Crippen LogP contribution is -2.43. The molecule has 0 atom stereocenters. The summed E-state index contributed by atoms with van der Waals surface area (Å²) in [5, 5.41) is 0. The highest BCUT2D eigenvalue weighted by atomic mass is 79.9. The highest BCUT2D eigenvalue weighted by Gasteiger charge is 2.13. The Balaban J connectivity index is 0.000000686. The van der Waals surface area contributed by atoms with Gasteiger partial charge in [-0.3, -0.25) is 4.90 Å². The van der Waals surface area contributed by atoms with Gasteiger partial charge in [0, 0.05) is 37.2 Å². The Morgan fingerprint density at radius 3 is 2.06 bits per heavy atom. The minimum absolute atomic E-state index is 1.08. The van der Waals surface area contributed by atoms with Crippen LogP contribution in [0.3, 0.4) is 0 Å². The molecule has 0 bridgehead atoms. The van der Waals surface area contributed by atoms with Crippen molar-refractivity contribution in [2.24, 2.45) is 0 Å². The number of hydrogen-bond acceptors (Lipinski definition) is 2. The number of likely N-dealkylation sites (N-methyl/N-ethyl adjacent to an activating group) is 1. The molecule has 1 aromatic rings. The van der Waals surface area contributed by atoms with E-state index < -0.39 is 0 Å². The molecule has 0 unspecified atom stereocenters. The van der Waals surface area contributed by atoms with Gasteiger partial charge in [-0.05, 0) is 24.7 Å². The first-order chi connectivity index (χ1) is 8.24. The van der Waals surface area contributed by atoms with Crippen molar-refractivity contribution in [2.45, 2.75) is 20.4 Å². The third-order valence-corrected chi connectivity index (χ3v) is 3.44. The number of rotatable bonds is 2. The number of piperazine rings is 1. The van der Waals surface area contributed by atoms with Gasteiger partial charge in [0.15, 0.2) is 0 Å². The Bertz CT molecular complexity index is 303. The van der Waals surface area contributed by atoms with Crippen LogP contribution in [0.2, 0.25) is 0 Å². The Morgan fingerprint density at radius 2 is 1.53 bits per heavy atom. The molecule has 0 saturated carbocycles. The van der Waals surface area contributed by atoms with Crippen LogP contribution in [0.4, 0.5) is 0 Å². The molecule has 96 valence electrons. The van der Waals surface area contributed by atoms with E-state index in [2.05, 4.69) is 57.0 Å². The van der Waals surface area contributed by atoms with Gasteiger partial charge in [-0.1, -0.05) is 41.9 Å². The smallest absolute Gasteiger partial charge is 0.0234 e. The van der Waals surface area contributed by atoms with Crippen LogP contribution in [-0.2, 0) is 6.54 Å². The van der Waals surface area contributed by atoms with Crippen LogP contribution >= 0.6 is 15.9 Å². The van der Waals surface area contributed by atoms with Gasteiger partial charge in [0.05, 0.1) is 0 Å². The Hall–Kier alpha value is -0.380. The molecule has 0 N–H and O–H groups in total. The molecule has 2 rings (SSSR count). The van der Waals surface area contributed by atoms with Crippen molar-refractivity contribution in [2.75, 3.05) is 33.2 Å². The van der Waals surface area contributed by atoms with Crippen LogP contribution in [0.25, 0.3) is 0 Å². The van der Waals surface area contributed by atoms with Crippen molar-refractivity contribution in [1.82, 2.24) is 9.80 Å². The summed E-state index contributed by atoms with van der Waals surface area (Å²) in [5.74, 6) is 0. The normalized spacial score (nSPS) is 17.4. The predicted octanol–water partition coefficient (Wildman–Crippen LogP) is 3.22. The first-order valence-electron chi connectivity index (χ1n) is 6.39. The zero-order chi connectivity index (χ0) is 12.7. The van der Waals surface area contributed by atoms with Gasteiger partial charge in [0.25, 0.3) is 0 Å². The SMILES string of the molecule is CC.CN1CCN(Cc2ccc(Br)cc2)CC1. The molecule has 1 heterocycles. The molecule has 17 heavy (non-hydrogen) atoms. The molecule has 0 aromatic heterocycles. The number of benzene rings is 1. The second-order valence-corrected chi connectivity index (χ2v) is 5.12. The maximum absolute atomic E-state index is 3.46. The second-order valence-electron chi connectivity index (χ2n) is 4.21. The molecule has 0 radical (unpaired) electrons. The van der Waals surface area contributed by atoms with Gasteiger partial charge >= 0.3 is 0 Å². The first-order valence-corrected chi connectivity index (χ1v) is 7.19. The van der Waals surface area contributed by atoms with E-state index in [1.165, 1.54) is 31.7 Å². The summed E-state index contributed by atoms with van der Waals surface area (Å²) in [6.07, 6.45) is 0. The topological polar surface area (TPSA) is 6.48 Å². The first kappa shape index (κ1) is 14.7. The van der Waals surface area contributed by atoms with Crippen LogP contribution in [0.1, 0.15) is 19.4 Å². The molecule has 1 aliphatic heterocycles. The fourth-order valence-corrected chi connectivity index (χ4v) is 2.12. The van der Waals surface area contributed by atoms with E-state index in [9.17, 15) is 0 Å². The average molecular weight is 299 g/mol. The zero-order valence-corrected chi connectivity index (χ0v) is 12.7. The summed E-state index contributed by atoms with van der Waals surface area (Å²) < 4.78 is 1.16. The maximum atomic E-state index is 3.46. The molecular formula is C14H23BrN2. The fraction of sp³-hybridized carbons (Fsp3) is 0.571. The highest BCUT2D eigenvalue weighted by molar-refractivity contribution is 9.10. The lowest BCUT2D eigenvalue weighted by atomic mass is 10.2. The third kappa shape index (κ3) is 5.19. The van der Waals surface area contributed by atoms with Crippen LogP contribution in [0.5, 0.6) is 0 Å². The van der Waals surface area contributed by atoms with E-state index in [0.717, 1.165) is 11.0 Å². The molecular weight excluding hydrogens is 276 g/mol. The van der Waals surface area contributed by atoms with Crippen molar-refractivity contribution >= 4 is 15.9 Å². The van der Waals surface area contributed by atoms with Gasteiger partial charge < -0.3 is 4.90 Å². The number of halogens is 1. The summed E-state index contributed by atoms with van der Waals surface area (Å²) in [7, 11) is 2.19. The molecule has 1 saturated heterocycles. The maximum Gasteiger partial charge on any atom is 0.0234 e. The minimum atomic E-state index is 1.08. The van der Waals surface area contributed by atoms with E-state index >= 15 is 0 Å². The zero-order valence-electron chi connectivity index (χ0n) is 11.1. The van der Waals surface area contributed by atoms with Gasteiger partial charge in [0.2, 0.25) is 0 Å². The second kappa shape index (κ2) is 7.85. The Labute approximate surface area is 114 Å². The molecule has 1 fully saturated rings. The van der Waals surface area contributed by atoms with Gasteiger partial charge in [-0.25, -0.2) is 0 Å². The van der Waals surface area contributed by atoms with E-state index in [1.807, 2.05) is 13.8 Å². The predicted molar refractivity (Wildman–Crippen MR) is 78.3 cm³/mol. The quantitative estimate of drug-likeness (QED) is 0.827. The molecule has 0 spiro atoms. The average Bonchev–Trinajstić information content (AvgIpc) is 2.37. The van der Waals surface area contributed by atoms with Crippen molar-refractivity contribution in [3.8, 4) is 0 Å². The summed E-state index contributed by atoms with van der Waals surface area (Å²) in [5.41, 5.74) is 1.41. The van der Waals surface area contributed by atoms with Crippen LogP contribution in [-0.4, -0.2) is 43.0 Å². The van der Waals surface area contributed by atoms with Gasteiger partial charge in [-0.15, -0.1) is 0 Å². The highest BCUT2D eigenvalue weighted by Crippen LogP contribution is 2.13. The van der Waals surface area contributed by atoms with Crippen molar-refractivity contribution in [3.63, 3.8) is 0 Å². The number of hydrogen-bond donors (Lipinski definition) is 0. The summed E-state index contributed by atoms with van der Waals surface area (Å²) in [4.78, 5) is 4.90. The van der Waals surface area contributed by atoms with E-state index in [1.54, 1.807) is 0 Å². The lowest BCUT2D eigenvalue weighted by Gasteiger charge is -2.32. The molecule has 1 aromatic carbocycles. The molecule has 2 nitrogen and oxygen atoms in total. The summed E-state index contributed by atoms with van der Waals surface area (Å²) >= 11 is 3.46. The Kier molecular flexibility index (Phi) is 6.78. The van der Waals surface area contributed by atoms with Crippen LogP contribution in [0.15, 0.2) is 28.7 Å². The number of nitrogens with zero attached hydrogens (tertiary/aromatic N) is 2. The van der Waals surface area contributed by atoms with E-state index in [0.29, 0.717) is 0 Å². The van der Waals surface area contributed by atoms with Crippen LogP contribution < -0.4 is 0 Å². The minimum Gasteiger partial charge on any atom is -0.304 e. The summed E-state index contributed by atoms with van der Waals surface area (Å²) in [6, 6.07) is 8.63. The standard InChI is InChI=1S/C12H17BrN2.C2H6/c1-14-6-8-15(9-7-14)10-11-2-4-12(13)5-3-11;1-2/h2-5H,6-10H2,1H3;1-2H3.